The van der Waals surface area contributed by atoms with Crippen LogP contribution < -0.4 is 0 Å². The molecule has 0 aliphatic heterocycles. The summed E-state index contributed by atoms with van der Waals surface area (Å²) < 4.78 is 1.34. The van der Waals surface area contributed by atoms with Crippen molar-refractivity contribution in [3.05, 3.63) is 29.3 Å². The van der Waals surface area contributed by atoms with Crippen LogP contribution in [-0.2, 0) is 5.41 Å². The highest BCUT2D eigenvalue weighted by Gasteiger charge is 2.54. The average Bonchev–Trinajstić information content (AvgIpc) is 2.91. The van der Waals surface area contributed by atoms with Gasteiger partial charge in [-0.2, -0.15) is 0 Å². The van der Waals surface area contributed by atoms with E-state index in [9.17, 15) is 0 Å². The fourth-order valence-corrected chi connectivity index (χ4v) is 4.16. The molecule has 16 heavy (non-hydrogen) atoms. The molecule has 1 fully saturated rings. The average molecular weight is 231 g/mol. The van der Waals surface area contributed by atoms with Gasteiger partial charge in [-0.3, -0.25) is 0 Å². The number of benzene rings is 1. The monoisotopic (exact) mass is 231 g/mol. The van der Waals surface area contributed by atoms with Gasteiger partial charge < -0.3 is 0 Å². The number of rotatable bonds is 3. The number of hydrogen-bond donors (Lipinski definition) is 0. The Kier molecular flexibility index (Phi) is 2.28. The summed E-state index contributed by atoms with van der Waals surface area (Å²) in [7, 11) is 0. The molecule has 0 bridgehead atoms. The molecule has 1 heterocycles. The van der Waals surface area contributed by atoms with Crippen molar-refractivity contribution in [1.29, 1.82) is 0 Å². The third kappa shape index (κ3) is 1.32. The van der Waals surface area contributed by atoms with Crippen LogP contribution in [0, 0.1) is 5.92 Å². The van der Waals surface area contributed by atoms with Crippen molar-refractivity contribution in [1.82, 2.24) is 4.98 Å². The van der Waals surface area contributed by atoms with E-state index in [1.54, 1.807) is 0 Å². The molecule has 2 unspecified atom stereocenters. The van der Waals surface area contributed by atoms with Crippen LogP contribution in [0.2, 0.25) is 0 Å². The molecule has 0 N–H and O–H groups in total. The molecule has 1 aliphatic rings. The third-order valence-electron chi connectivity index (χ3n) is 4.08. The molecule has 0 radical (unpaired) electrons. The van der Waals surface area contributed by atoms with E-state index in [0.717, 1.165) is 5.92 Å². The maximum Gasteiger partial charge on any atom is 0.100 e. The van der Waals surface area contributed by atoms with Crippen LogP contribution in [0.4, 0.5) is 0 Å². The highest BCUT2D eigenvalue weighted by molar-refractivity contribution is 7.18. The zero-order chi connectivity index (χ0) is 11.2. The van der Waals surface area contributed by atoms with E-state index < -0.39 is 0 Å². The lowest BCUT2D eigenvalue weighted by atomic mass is 10.0. The number of nitrogens with zero attached hydrogens (tertiary/aromatic N) is 1. The molecule has 1 aromatic heterocycles. The summed E-state index contributed by atoms with van der Waals surface area (Å²) in [5.74, 6) is 0.873. The first kappa shape index (κ1) is 10.3. The molecular formula is C14H17NS. The molecule has 1 aromatic carbocycles. The van der Waals surface area contributed by atoms with Crippen LogP contribution in [0.1, 0.15) is 38.1 Å². The van der Waals surface area contributed by atoms with Crippen LogP contribution >= 0.6 is 11.3 Å². The fourth-order valence-electron chi connectivity index (χ4n) is 2.85. The second-order valence-corrected chi connectivity index (χ2v) is 5.84. The van der Waals surface area contributed by atoms with E-state index in [4.69, 9.17) is 4.98 Å². The van der Waals surface area contributed by atoms with Gasteiger partial charge in [0.25, 0.3) is 0 Å². The Morgan fingerprint density at radius 2 is 2.19 bits per heavy atom. The number of aromatic nitrogens is 1. The predicted octanol–water partition coefficient (Wildman–Crippen LogP) is 4.37. The number of fused-ring (bicyclic) bond motifs is 1. The molecule has 0 spiro atoms. The first-order valence-corrected chi connectivity index (χ1v) is 6.98. The topological polar surface area (TPSA) is 12.9 Å². The van der Waals surface area contributed by atoms with Gasteiger partial charge >= 0.3 is 0 Å². The SMILES string of the molecule is CCC1CC1(CC)c1nc2ccccc2s1. The standard InChI is InChI=1S/C14H17NS/c1-3-10-9-14(10,4-2)13-15-11-7-5-6-8-12(11)16-13/h5-8,10H,3-4,9H2,1-2H3. The molecule has 0 saturated heterocycles. The summed E-state index contributed by atoms with van der Waals surface area (Å²) in [5.41, 5.74) is 1.61. The summed E-state index contributed by atoms with van der Waals surface area (Å²) >= 11 is 1.90. The molecule has 1 aliphatic carbocycles. The number of para-hydroxylation sites is 1. The normalized spacial score (nSPS) is 28.5. The molecule has 1 nitrogen and oxygen atoms in total. The molecule has 84 valence electrons. The van der Waals surface area contributed by atoms with Crippen molar-refractivity contribution in [2.24, 2.45) is 5.92 Å². The van der Waals surface area contributed by atoms with Crippen molar-refractivity contribution in [2.45, 2.75) is 38.5 Å². The van der Waals surface area contributed by atoms with Crippen LogP contribution in [0.3, 0.4) is 0 Å². The molecule has 2 atom stereocenters. The van der Waals surface area contributed by atoms with Crippen molar-refractivity contribution in [2.75, 3.05) is 0 Å². The van der Waals surface area contributed by atoms with E-state index >= 15 is 0 Å². The van der Waals surface area contributed by atoms with Crippen LogP contribution in [-0.4, -0.2) is 4.98 Å². The van der Waals surface area contributed by atoms with E-state index in [1.807, 2.05) is 11.3 Å². The molecule has 2 aromatic rings. The molecule has 1 saturated carbocycles. The predicted molar refractivity (Wildman–Crippen MR) is 70.0 cm³/mol. The summed E-state index contributed by atoms with van der Waals surface area (Å²) in [4.78, 5) is 4.83. The third-order valence-corrected chi connectivity index (χ3v) is 5.33. The molecular weight excluding hydrogens is 214 g/mol. The van der Waals surface area contributed by atoms with Gasteiger partial charge in [-0.25, -0.2) is 4.98 Å². The van der Waals surface area contributed by atoms with E-state index in [-0.39, 0.29) is 0 Å². The van der Waals surface area contributed by atoms with E-state index in [2.05, 4.69) is 38.1 Å². The van der Waals surface area contributed by atoms with Gasteiger partial charge in [-0.05, 0) is 30.9 Å². The van der Waals surface area contributed by atoms with Crippen molar-refractivity contribution < 1.29 is 0 Å². The summed E-state index contributed by atoms with van der Waals surface area (Å²) in [6, 6.07) is 8.49. The zero-order valence-electron chi connectivity index (χ0n) is 9.86. The lowest BCUT2D eigenvalue weighted by Gasteiger charge is -2.10. The van der Waals surface area contributed by atoms with E-state index in [0.29, 0.717) is 5.41 Å². The van der Waals surface area contributed by atoms with Gasteiger partial charge in [0.1, 0.15) is 5.01 Å². The quantitative estimate of drug-likeness (QED) is 0.764. The fraction of sp³-hybridized carbons (Fsp3) is 0.500. The Bertz CT molecular complexity index is 483. The second-order valence-electron chi connectivity index (χ2n) is 4.81. The summed E-state index contributed by atoms with van der Waals surface area (Å²) in [6.07, 6.45) is 3.88. The van der Waals surface area contributed by atoms with Gasteiger partial charge in [0.15, 0.2) is 0 Å². The van der Waals surface area contributed by atoms with Crippen LogP contribution in [0.15, 0.2) is 24.3 Å². The Labute approximate surface area is 101 Å². The smallest absolute Gasteiger partial charge is 0.100 e. The van der Waals surface area contributed by atoms with Crippen molar-refractivity contribution >= 4 is 21.6 Å². The maximum atomic E-state index is 4.83. The minimum atomic E-state index is 0.429. The minimum absolute atomic E-state index is 0.429. The maximum absolute atomic E-state index is 4.83. The van der Waals surface area contributed by atoms with Crippen LogP contribution in [0.25, 0.3) is 10.2 Å². The lowest BCUT2D eigenvalue weighted by molar-refractivity contribution is 0.569. The molecule has 3 rings (SSSR count). The van der Waals surface area contributed by atoms with Gasteiger partial charge in [0.2, 0.25) is 0 Å². The highest BCUT2D eigenvalue weighted by atomic mass is 32.1. The largest absolute Gasteiger partial charge is 0.241 e. The van der Waals surface area contributed by atoms with Crippen LogP contribution in [0.5, 0.6) is 0 Å². The van der Waals surface area contributed by atoms with Crippen molar-refractivity contribution in [3.8, 4) is 0 Å². The van der Waals surface area contributed by atoms with E-state index in [1.165, 1.54) is 34.5 Å². The Morgan fingerprint density at radius 3 is 2.81 bits per heavy atom. The first-order chi connectivity index (χ1) is 7.80. The lowest BCUT2D eigenvalue weighted by Crippen LogP contribution is -2.07. The Hall–Kier alpha value is -0.890. The van der Waals surface area contributed by atoms with Crippen molar-refractivity contribution in [3.63, 3.8) is 0 Å². The van der Waals surface area contributed by atoms with Gasteiger partial charge in [0.05, 0.1) is 10.2 Å². The Morgan fingerprint density at radius 1 is 1.38 bits per heavy atom. The highest BCUT2D eigenvalue weighted by Crippen LogP contribution is 2.59. The zero-order valence-corrected chi connectivity index (χ0v) is 10.7. The Balaban J connectivity index is 2.06. The second kappa shape index (κ2) is 3.56. The first-order valence-electron chi connectivity index (χ1n) is 6.16. The molecule has 2 heteroatoms. The summed E-state index contributed by atoms with van der Waals surface area (Å²) in [6.45, 7) is 4.61. The van der Waals surface area contributed by atoms with Gasteiger partial charge in [-0.15, -0.1) is 11.3 Å². The van der Waals surface area contributed by atoms with Gasteiger partial charge in [-0.1, -0.05) is 32.4 Å². The minimum Gasteiger partial charge on any atom is -0.241 e. The number of hydrogen-bond acceptors (Lipinski definition) is 2. The van der Waals surface area contributed by atoms with Gasteiger partial charge in [0, 0.05) is 5.41 Å². The summed E-state index contributed by atoms with van der Waals surface area (Å²) in [5, 5.41) is 1.38. The molecule has 0 amide bonds. The number of thiazole rings is 1.